The number of nitrogens with zero attached hydrogens (tertiary/aromatic N) is 1. The third kappa shape index (κ3) is 4.00. The molecule has 0 amide bonds. The molecule has 0 bridgehead atoms. The first kappa shape index (κ1) is 17.1. The summed E-state index contributed by atoms with van der Waals surface area (Å²) in [6, 6.07) is 16.8. The lowest BCUT2D eigenvalue weighted by Gasteiger charge is -2.25. The predicted octanol–water partition coefficient (Wildman–Crippen LogP) is 4.47. The molecule has 5 heteroatoms. The van der Waals surface area contributed by atoms with Crippen molar-refractivity contribution >= 4 is 40.3 Å². The molecular formula is C19H22ClN3S. The highest BCUT2D eigenvalue weighted by Crippen LogP contribution is 2.31. The molecule has 126 valence electrons. The first-order valence-electron chi connectivity index (χ1n) is 8.29. The quantitative estimate of drug-likeness (QED) is 0.608. The van der Waals surface area contributed by atoms with Crippen molar-refractivity contribution in [3.8, 4) is 0 Å². The van der Waals surface area contributed by atoms with Gasteiger partial charge in [-0.3, -0.25) is 0 Å². The van der Waals surface area contributed by atoms with Crippen LogP contribution in [0.5, 0.6) is 0 Å². The number of fused-ring (bicyclic) bond motifs is 1. The lowest BCUT2D eigenvalue weighted by atomic mass is 10.1. The number of halogens is 1. The van der Waals surface area contributed by atoms with Gasteiger partial charge in [-0.25, -0.2) is 0 Å². The van der Waals surface area contributed by atoms with Crippen molar-refractivity contribution in [2.24, 2.45) is 0 Å². The zero-order valence-corrected chi connectivity index (χ0v) is 15.3. The Hall–Kier alpha value is -1.78. The first-order chi connectivity index (χ1) is 11.6. The number of thiocarbonyl (C=S) groups is 1. The molecule has 3 rings (SSSR count). The maximum Gasteiger partial charge on any atom is 0.170 e. The summed E-state index contributed by atoms with van der Waals surface area (Å²) < 4.78 is 0. The van der Waals surface area contributed by atoms with Gasteiger partial charge in [0.2, 0.25) is 0 Å². The summed E-state index contributed by atoms with van der Waals surface area (Å²) in [5, 5.41) is 7.67. The van der Waals surface area contributed by atoms with E-state index in [1.807, 2.05) is 24.3 Å². The Morgan fingerprint density at radius 2 is 1.96 bits per heavy atom. The molecule has 3 nitrogen and oxygen atoms in total. The van der Waals surface area contributed by atoms with Gasteiger partial charge in [0.15, 0.2) is 5.11 Å². The average molecular weight is 360 g/mol. The number of rotatable bonds is 5. The predicted molar refractivity (Wildman–Crippen MR) is 107 cm³/mol. The topological polar surface area (TPSA) is 27.3 Å². The third-order valence-corrected chi connectivity index (χ3v) is 4.91. The van der Waals surface area contributed by atoms with Crippen LogP contribution in [-0.2, 0) is 6.42 Å². The molecule has 0 unspecified atom stereocenters. The van der Waals surface area contributed by atoms with Crippen molar-refractivity contribution in [2.45, 2.75) is 25.8 Å². The van der Waals surface area contributed by atoms with E-state index in [-0.39, 0.29) is 0 Å². The van der Waals surface area contributed by atoms with Crippen molar-refractivity contribution in [3.05, 3.63) is 59.1 Å². The maximum atomic E-state index is 6.12. The highest BCUT2D eigenvalue weighted by atomic mass is 35.5. The van der Waals surface area contributed by atoms with E-state index in [1.165, 1.54) is 11.3 Å². The van der Waals surface area contributed by atoms with Gasteiger partial charge in [0, 0.05) is 24.8 Å². The molecule has 0 fully saturated rings. The Balaban J connectivity index is 1.44. The van der Waals surface area contributed by atoms with Crippen molar-refractivity contribution in [1.29, 1.82) is 0 Å². The van der Waals surface area contributed by atoms with Crippen molar-refractivity contribution < 1.29 is 0 Å². The summed E-state index contributed by atoms with van der Waals surface area (Å²) in [6.45, 7) is 4.15. The molecular weight excluding hydrogens is 338 g/mol. The SMILES string of the molecule is C[C@@H]1Cc2ccccc2N1CCCNC(=S)Nc1ccccc1Cl. The fraction of sp³-hybridized carbons (Fsp3) is 0.316. The molecule has 0 radical (unpaired) electrons. The molecule has 1 heterocycles. The normalized spacial score (nSPS) is 15.9. The summed E-state index contributed by atoms with van der Waals surface area (Å²) in [6.07, 6.45) is 2.17. The summed E-state index contributed by atoms with van der Waals surface area (Å²) in [4.78, 5) is 2.49. The number of nitrogens with one attached hydrogen (secondary N) is 2. The smallest absolute Gasteiger partial charge is 0.170 e. The van der Waals surface area contributed by atoms with Crippen LogP contribution >= 0.6 is 23.8 Å². The molecule has 2 aromatic rings. The summed E-state index contributed by atoms with van der Waals surface area (Å²) in [5.74, 6) is 0. The monoisotopic (exact) mass is 359 g/mol. The van der Waals surface area contributed by atoms with Gasteiger partial charge in [-0.15, -0.1) is 0 Å². The second kappa shape index (κ2) is 7.86. The van der Waals surface area contributed by atoms with Gasteiger partial charge in [-0.2, -0.15) is 0 Å². The fourth-order valence-corrected chi connectivity index (χ4v) is 3.55. The van der Waals surface area contributed by atoms with Crippen LogP contribution in [0.2, 0.25) is 5.02 Å². The average Bonchev–Trinajstić information content (AvgIpc) is 2.89. The number of hydrogen-bond acceptors (Lipinski definition) is 2. The molecule has 2 N–H and O–H groups in total. The third-order valence-electron chi connectivity index (χ3n) is 4.33. The highest BCUT2D eigenvalue weighted by Gasteiger charge is 2.24. The first-order valence-corrected chi connectivity index (χ1v) is 9.07. The molecule has 0 spiro atoms. The number of para-hydroxylation sites is 2. The molecule has 0 saturated carbocycles. The second-order valence-corrected chi connectivity index (χ2v) is 6.91. The lowest BCUT2D eigenvalue weighted by molar-refractivity contribution is 0.641. The molecule has 2 aromatic carbocycles. The van der Waals surface area contributed by atoms with Crippen molar-refractivity contribution in [3.63, 3.8) is 0 Å². The highest BCUT2D eigenvalue weighted by molar-refractivity contribution is 7.80. The van der Waals surface area contributed by atoms with Crippen LogP contribution in [0.1, 0.15) is 18.9 Å². The molecule has 24 heavy (non-hydrogen) atoms. The lowest BCUT2D eigenvalue weighted by Crippen LogP contribution is -2.34. The second-order valence-electron chi connectivity index (χ2n) is 6.09. The van der Waals surface area contributed by atoms with E-state index in [4.69, 9.17) is 23.8 Å². The standard InChI is InChI=1S/C19H22ClN3S/c1-14-13-15-7-2-5-10-18(15)23(14)12-6-11-21-19(24)22-17-9-4-3-8-16(17)20/h2-5,7-10,14H,6,11-13H2,1H3,(H2,21,22,24)/t14-/m1/s1. The Kier molecular flexibility index (Phi) is 5.59. The Morgan fingerprint density at radius 1 is 1.21 bits per heavy atom. The molecule has 1 atom stereocenters. The van der Waals surface area contributed by atoms with E-state index in [2.05, 4.69) is 46.7 Å². The molecule has 0 aliphatic carbocycles. The van der Waals surface area contributed by atoms with E-state index >= 15 is 0 Å². The van der Waals surface area contributed by atoms with E-state index in [1.54, 1.807) is 0 Å². The Morgan fingerprint density at radius 3 is 2.79 bits per heavy atom. The van der Waals surface area contributed by atoms with Crippen LogP contribution in [0, 0.1) is 0 Å². The van der Waals surface area contributed by atoms with Crippen LogP contribution in [0.15, 0.2) is 48.5 Å². The van der Waals surface area contributed by atoms with E-state index in [0.717, 1.165) is 31.6 Å². The zero-order valence-electron chi connectivity index (χ0n) is 13.8. The van der Waals surface area contributed by atoms with E-state index < -0.39 is 0 Å². The summed E-state index contributed by atoms with van der Waals surface area (Å²) >= 11 is 11.5. The van der Waals surface area contributed by atoms with Gasteiger partial charge in [0.1, 0.15) is 0 Å². The zero-order chi connectivity index (χ0) is 16.9. The minimum Gasteiger partial charge on any atom is -0.368 e. The van der Waals surface area contributed by atoms with Gasteiger partial charge in [0.25, 0.3) is 0 Å². The minimum absolute atomic E-state index is 0.565. The fourth-order valence-electron chi connectivity index (χ4n) is 3.15. The van der Waals surface area contributed by atoms with Crippen molar-refractivity contribution in [1.82, 2.24) is 5.32 Å². The number of hydrogen-bond donors (Lipinski definition) is 2. The van der Waals surface area contributed by atoms with Gasteiger partial charge in [0.05, 0.1) is 10.7 Å². The van der Waals surface area contributed by atoms with Crippen LogP contribution < -0.4 is 15.5 Å². The molecule has 1 aliphatic heterocycles. The molecule has 0 aromatic heterocycles. The summed E-state index contributed by atoms with van der Waals surface area (Å²) in [7, 11) is 0. The van der Waals surface area contributed by atoms with Gasteiger partial charge >= 0.3 is 0 Å². The van der Waals surface area contributed by atoms with Crippen LogP contribution in [-0.4, -0.2) is 24.2 Å². The number of anilines is 2. The Labute approximate surface area is 154 Å². The van der Waals surface area contributed by atoms with Gasteiger partial charge in [-0.05, 0) is 55.7 Å². The molecule has 1 aliphatic rings. The number of benzene rings is 2. The van der Waals surface area contributed by atoms with Gasteiger partial charge in [-0.1, -0.05) is 41.9 Å². The van der Waals surface area contributed by atoms with E-state index in [9.17, 15) is 0 Å². The summed E-state index contributed by atoms with van der Waals surface area (Å²) in [5.41, 5.74) is 3.66. The van der Waals surface area contributed by atoms with Crippen LogP contribution in [0.4, 0.5) is 11.4 Å². The molecule has 0 saturated heterocycles. The van der Waals surface area contributed by atoms with Gasteiger partial charge < -0.3 is 15.5 Å². The van der Waals surface area contributed by atoms with Crippen LogP contribution in [0.3, 0.4) is 0 Å². The van der Waals surface area contributed by atoms with Crippen LogP contribution in [0.25, 0.3) is 0 Å². The van der Waals surface area contributed by atoms with E-state index in [0.29, 0.717) is 16.2 Å². The largest absolute Gasteiger partial charge is 0.368 e. The van der Waals surface area contributed by atoms with Crippen molar-refractivity contribution in [2.75, 3.05) is 23.3 Å². The Bertz CT molecular complexity index is 719. The maximum absolute atomic E-state index is 6.12. The minimum atomic E-state index is 0.565.